The fourth-order valence-electron chi connectivity index (χ4n) is 3.20. The molecule has 0 radical (unpaired) electrons. The van der Waals surface area contributed by atoms with Crippen LogP contribution in [0.1, 0.15) is 56.1 Å². The molecule has 0 saturated carbocycles. The molecule has 0 bridgehead atoms. The van der Waals surface area contributed by atoms with E-state index >= 15 is 0 Å². The highest BCUT2D eigenvalue weighted by Gasteiger charge is 2.21. The molecule has 0 heterocycles. The number of benzene rings is 2. The smallest absolute Gasteiger partial charge is 0.254 e. The monoisotopic (exact) mass is 448 g/mol. The molecule has 2 amide bonds. The molecule has 32 heavy (non-hydrogen) atoms. The van der Waals surface area contributed by atoms with E-state index in [2.05, 4.69) is 10.6 Å². The highest BCUT2D eigenvalue weighted by atomic mass is 19.1. The van der Waals surface area contributed by atoms with Crippen molar-refractivity contribution in [2.24, 2.45) is 5.92 Å². The van der Waals surface area contributed by atoms with E-state index in [1.54, 1.807) is 0 Å². The van der Waals surface area contributed by atoms with E-state index < -0.39 is 17.5 Å². The zero-order valence-electron chi connectivity index (χ0n) is 18.8. The lowest BCUT2D eigenvalue weighted by atomic mass is 9.95. The van der Waals surface area contributed by atoms with Crippen molar-refractivity contribution in [3.05, 3.63) is 59.2 Å². The molecule has 0 saturated heterocycles. The highest BCUT2D eigenvalue weighted by Crippen LogP contribution is 2.33. The lowest BCUT2D eigenvalue weighted by molar-refractivity contribution is -0.122. The van der Waals surface area contributed by atoms with Crippen LogP contribution in [-0.4, -0.2) is 31.6 Å². The zero-order chi connectivity index (χ0) is 23.7. The van der Waals surface area contributed by atoms with Gasteiger partial charge in [0.2, 0.25) is 5.91 Å². The number of halogens is 2. The van der Waals surface area contributed by atoms with Crippen LogP contribution in [-0.2, 0) is 4.79 Å². The Morgan fingerprint density at radius 3 is 2.28 bits per heavy atom. The van der Waals surface area contributed by atoms with Gasteiger partial charge in [0.1, 0.15) is 11.6 Å². The van der Waals surface area contributed by atoms with Crippen molar-refractivity contribution in [2.75, 3.05) is 19.8 Å². The van der Waals surface area contributed by atoms with E-state index in [1.807, 2.05) is 45.9 Å². The molecular weight excluding hydrogens is 418 g/mol. The van der Waals surface area contributed by atoms with Gasteiger partial charge in [-0.25, -0.2) is 8.78 Å². The first kappa shape index (κ1) is 25.1. The summed E-state index contributed by atoms with van der Waals surface area (Å²) in [6.07, 6.45) is 0.00706. The Balaban J connectivity index is 2.00. The maximum Gasteiger partial charge on any atom is 0.254 e. The molecule has 8 heteroatoms. The molecule has 0 aliphatic heterocycles. The first-order chi connectivity index (χ1) is 15.3. The van der Waals surface area contributed by atoms with Crippen molar-refractivity contribution in [1.29, 1.82) is 0 Å². The minimum atomic E-state index is -0.951. The zero-order valence-corrected chi connectivity index (χ0v) is 18.8. The predicted octanol–water partition coefficient (Wildman–Crippen LogP) is 4.40. The second-order valence-corrected chi connectivity index (χ2v) is 7.49. The minimum absolute atomic E-state index is 0.00706. The number of ether oxygens (including phenoxy) is 2. The molecule has 1 unspecified atom stereocenters. The fraction of sp³-hybridized carbons (Fsp3) is 0.417. The Morgan fingerprint density at radius 2 is 1.66 bits per heavy atom. The molecular formula is C24H30F2N2O4. The first-order valence-electron chi connectivity index (χ1n) is 10.7. The van der Waals surface area contributed by atoms with Gasteiger partial charge in [-0.15, -0.1) is 0 Å². The summed E-state index contributed by atoms with van der Waals surface area (Å²) in [5.41, 5.74) is 0.599. The number of carbonyl (C=O) groups is 2. The molecule has 2 N–H and O–H groups in total. The van der Waals surface area contributed by atoms with Gasteiger partial charge in [-0.05, 0) is 49.6 Å². The second kappa shape index (κ2) is 12.0. The van der Waals surface area contributed by atoms with Gasteiger partial charge in [-0.2, -0.15) is 0 Å². The van der Waals surface area contributed by atoms with Crippen LogP contribution >= 0.6 is 0 Å². The molecule has 2 aromatic rings. The van der Waals surface area contributed by atoms with Crippen LogP contribution in [0.5, 0.6) is 11.5 Å². The second-order valence-electron chi connectivity index (χ2n) is 7.49. The molecule has 1 atom stereocenters. The largest absolute Gasteiger partial charge is 0.490 e. The maximum absolute atomic E-state index is 13.7. The summed E-state index contributed by atoms with van der Waals surface area (Å²) in [6, 6.07) is 8.01. The normalized spacial score (nSPS) is 11.7. The van der Waals surface area contributed by atoms with E-state index in [-0.39, 0.29) is 36.4 Å². The van der Waals surface area contributed by atoms with Gasteiger partial charge >= 0.3 is 0 Å². The molecule has 0 fully saturated rings. The van der Waals surface area contributed by atoms with Gasteiger partial charge in [-0.1, -0.05) is 19.9 Å². The van der Waals surface area contributed by atoms with Crippen molar-refractivity contribution >= 4 is 11.8 Å². The highest BCUT2D eigenvalue weighted by molar-refractivity contribution is 5.94. The average Bonchev–Trinajstić information content (AvgIpc) is 2.73. The molecule has 0 aliphatic rings. The predicted molar refractivity (Wildman–Crippen MR) is 118 cm³/mol. The summed E-state index contributed by atoms with van der Waals surface area (Å²) in [6.45, 7) is 8.76. The molecule has 0 aromatic heterocycles. The van der Waals surface area contributed by atoms with E-state index in [1.165, 1.54) is 0 Å². The van der Waals surface area contributed by atoms with E-state index in [0.29, 0.717) is 30.8 Å². The van der Waals surface area contributed by atoms with Crippen molar-refractivity contribution in [3.8, 4) is 11.5 Å². The van der Waals surface area contributed by atoms with Crippen molar-refractivity contribution in [3.63, 3.8) is 0 Å². The SMILES string of the molecule is CCOc1ccc(C(NC(=O)CCNC(=O)c2ccc(F)cc2F)C(C)C)cc1OCC. The van der Waals surface area contributed by atoms with E-state index in [0.717, 1.165) is 17.7 Å². The third kappa shape index (κ3) is 6.93. The third-order valence-electron chi connectivity index (χ3n) is 4.72. The van der Waals surface area contributed by atoms with Crippen LogP contribution in [0.4, 0.5) is 8.78 Å². The number of rotatable bonds is 11. The van der Waals surface area contributed by atoms with Gasteiger partial charge in [-0.3, -0.25) is 9.59 Å². The van der Waals surface area contributed by atoms with Crippen molar-refractivity contribution in [2.45, 2.75) is 40.2 Å². The maximum atomic E-state index is 13.7. The topological polar surface area (TPSA) is 76.7 Å². The van der Waals surface area contributed by atoms with Crippen LogP contribution in [0.15, 0.2) is 36.4 Å². The van der Waals surface area contributed by atoms with Crippen LogP contribution < -0.4 is 20.1 Å². The molecule has 6 nitrogen and oxygen atoms in total. The van der Waals surface area contributed by atoms with Crippen LogP contribution in [0.25, 0.3) is 0 Å². The summed E-state index contributed by atoms with van der Waals surface area (Å²) in [4.78, 5) is 24.6. The number of hydrogen-bond acceptors (Lipinski definition) is 4. The number of hydrogen-bond donors (Lipinski definition) is 2. The number of nitrogens with one attached hydrogen (secondary N) is 2. The van der Waals surface area contributed by atoms with Crippen LogP contribution in [0, 0.1) is 17.6 Å². The number of carbonyl (C=O) groups excluding carboxylic acids is 2. The van der Waals surface area contributed by atoms with Crippen molar-refractivity contribution in [1.82, 2.24) is 10.6 Å². The van der Waals surface area contributed by atoms with Gasteiger partial charge in [0, 0.05) is 19.0 Å². The first-order valence-corrected chi connectivity index (χ1v) is 10.7. The summed E-state index contributed by atoms with van der Waals surface area (Å²) in [7, 11) is 0. The number of amides is 2. The Hall–Kier alpha value is -3.16. The standard InChI is InChI=1S/C24H30F2N2O4/c1-5-31-20-10-7-16(13-21(20)32-6-2)23(15(3)4)28-22(29)11-12-27-24(30)18-9-8-17(25)14-19(18)26/h7-10,13-15,23H,5-6,11-12H2,1-4H3,(H,27,30)(H,28,29). The Labute approximate surface area is 187 Å². The molecule has 174 valence electrons. The quantitative estimate of drug-likeness (QED) is 0.534. The van der Waals surface area contributed by atoms with Crippen molar-refractivity contribution < 1.29 is 27.8 Å². The Bertz CT molecular complexity index is 934. The minimum Gasteiger partial charge on any atom is -0.490 e. The Kier molecular flexibility index (Phi) is 9.43. The fourth-order valence-corrected chi connectivity index (χ4v) is 3.20. The summed E-state index contributed by atoms with van der Waals surface area (Å²) < 4.78 is 38.0. The lowest BCUT2D eigenvalue weighted by Crippen LogP contribution is -2.35. The summed E-state index contributed by atoms with van der Waals surface area (Å²) in [5, 5.41) is 5.46. The Morgan fingerprint density at radius 1 is 0.969 bits per heavy atom. The third-order valence-corrected chi connectivity index (χ3v) is 4.72. The molecule has 0 spiro atoms. The van der Waals surface area contributed by atoms with Gasteiger partial charge in [0.15, 0.2) is 11.5 Å². The van der Waals surface area contributed by atoms with Gasteiger partial charge in [0.05, 0.1) is 24.8 Å². The van der Waals surface area contributed by atoms with Crippen LogP contribution in [0.3, 0.4) is 0 Å². The van der Waals surface area contributed by atoms with Gasteiger partial charge < -0.3 is 20.1 Å². The van der Waals surface area contributed by atoms with E-state index in [9.17, 15) is 18.4 Å². The van der Waals surface area contributed by atoms with Gasteiger partial charge in [0.25, 0.3) is 5.91 Å². The average molecular weight is 449 g/mol. The van der Waals surface area contributed by atoms with Crippen LogP contribution in [0.2, 0.25) is 0 Å². The molecule has 0 aliphatic carbocycles. The lowest BCUT2D eigenvalue weighted by Gasteiger charge is -2.24. The van der Waals surface area contributed by atoms with E-state index in [4.69, 9.17) is 9.47 Å². The summed E-state index contributed by atoms with van der Waals surface area (Å²) >= 11 is 0. The molecule has 2 rings (SSSR count). The molecule has 2 aromatic carbocycles. The summed E-state index contributed by atoms with van der Waals surface area (Å²) in [5.74, 6) is -1.34.